The smallest absolute Gasteiger partial charge is 0.420 e. The van der Waals surface area contributed by atoms with E-state index in [0.29, 0.717) is 25.7 Å². The summed E-state index contributed by atoms with van der Waals surface area (Å²) in [6, 6.07) is 3.50. The lowest BCUT2D eigenvalue weighted by atomic mass is 9.89. The maximum Gasteiger partial charge on any atom is 0.420 e. The van der Waals surface area contributed by atoms with Gasteiger partial charge in [-0.2, -0.15) is 31.4 Å². The predicted molar refractivity (Wildman–Crippen MR) is 132 cm³/mol. The lowest BCUT2D eigenvalue weighted by Crippen LogP contribution is -2.34. The number of sulfone groups is 1. The van der Waals surface area contributed by atoms with Crippen molar-refractivity contribution in [2.45, 2.75) is 56.8 Å². The normalized spacial score (nSPS) is 18.6. The Morgan fingerprint density at radius 1 is 1.13 bits per heavy atom. The number of nitrogens with one attached hydrogen (secondary N) is 2. The Morgan fingerprint density at radius 3 is 2.28 bits per heavy atom. The minimum absolute atomic E-state index is 0.0207. The van der Waals surface area contributed by atoms with Crippen molar-refractivity contribution in [2.24, 2.45) is 5.92 Å². The summed E-state index contributed by atoms with van der Waals surface area (Å²) in [6.45, 7) is 0.197. The Labute approximate surface area is 222 Å². The van der Waals surface area contributed by atoms with E-state index >= 15 is 0 Å². The summed E-state index contributed by atoms with van der Waals surface area (Å²) in [4.78, 5) is 12.9. The zero-order chi connectivity index (χ0) is 29.2. The van der Waals surface area contributed by atoms with Gasteiger partial charge in [0.25, 0.3) is 5.91 Å². The first-order chi connectivity index (χ1) is 18.0. The fraction of sp³-hybridized carbons (Fsp3) is 0.583. The molecule has 1 aromatic heterocycles. The van der Waals surface area contributed by atoms with Crippen LogP contribution in [0.1, 0.15) is 48.7 Å². The molecule has 218 valence electrons. The summed E-state index contributed by atoms with van der Waals surface area (Å²) < 4.78 is 110. The van der Waals surface area contributed by atoms with Gasteiger partial charge >= 0.3 is 12.4 Å². The Hall–Kier alpha value is -2.97. The summed E-state index contributed by atoms with van der Waals surface area (Å²) in [5, 5.41) is 8.12. The maximum absolute atomic E-state index is 14.4. The van der Waals surface area contributed by atoms with Crippen LogP contribution in [0, 0.1) is 5.92 Å². The Kier molecular flexibility index (Phi) is 9.13. The quantitative estimate of drug-likeness (QED) is 0.407. The summed E-state index contributed by atoms with van der Waals surface area (Å²) >= 11 is 0. The molecule has 1 saturated carbocycles. The number of carbonyl (C=O) groups is 1. The average Bonchev–Trinajstić information content (AvgIpc) is 3.25. The number of rotatable bonds is 9. The molecule has 1 aliphatic carbocycles. The highest BCUT2D eigenvalue weighted by Crippen LogP contribution is 2.43. The molecule has 0 bridgehead atoms. The largest absolute Gasteiger partial charge is 0.496 e. The van der Waals surface area contributed by atoms with Gasteiger partial charge in [-0.25, -0.2) is 8.42 Å². The summed E-state index contributed by atoms with van der Waals surface area (Å²) in [6.07, 6.45) is -6.51. The van der Waals surface area contributed by atoms with Crippen molar-refractivity contribution in [1.82, 2.24) is 15.1 Å². The molecular formula is C24H30F6N4O4S. The van der Waals surface area contributed by atoms with E-state index in [1.165, 1.54) is 32.4 Å². The molecule has 3 rings (SSSR count). The van der Waals surface area contributed by atoms with E-state index in [9.17, 15) is 39.6 Å². The second kappa shape index (κ2) is 11.6. The molecule has 1 amide bonds. The van der Waals surface area contributed by atoms with E-state index in [1.54, 1.807) is 0 Å². The number of halogens is 6. The average molecular weight is 585 g/mol. The number of ether oxygens (including phenoxy) is 1. The predicted octanol–water partition coefficient (Wildman–Crippen LogP) is 4.90. The number of benzene rings is 1. The number of anilines is 1. The molecule has 15 heteroatoms. The Balaban J connectivity index is 1.91. The van der Waals surface area contributed by atoms with Crippen LogP contribution < -0.4 is 15.4 Å². The minimum atomic E-state index is -5.00. The number of hydrogen-bond donors (Lipinski definition) is 2. The first kappa shape index (κ1) is 30.6. The van der Waals surface area contributed by atoms with Gasteiger partial charge in [0.2, 0.25) is 0 Å². The number of methoxy groups -OCH3 is 1. The Morgan fingerprint density at radius 2 is 1.77 bits per heavy atom. The van der Waals surface area contributed by atoms with Gasteiger partial charge in [0.05, 0.1) is 18.1 Å². The van der Waals surface area contributed by atoms with E-state index in [1.807, 2.05) is 0 Å². The van der Waals surface area contributed by atoms with Crippen LogP contribution in [0.15, 0.2) is 18.2 Å². The lowest BCUT2D eigenvalue weighted by Gasteiger charge is -2.27. The summed E-state index contributed by atoms with van der Waals surface area (Å²) in [5.74, 6) is -1.27. The van der Waals surface area contributed by atoms with Gasteiger partial charge in [0.1, 0.15) is 27.7 Å². The van der Waals surface area contributed by atoms with Gasteiger partial charge in [0, 0.05) is 36.7 Å². The number of carbonyl (C=O) groups excluding carboxylic acids is 1. The lowest BCUT2D eigenvalue weighted by molar-refractivity contribution is -0.137. The van der Waals surface area contributed by atoms with Crippen molar-refractivity contribution in [1.29, 1.82) is 0 Å². The molecule has 1 fully saturated rings. The van der Waals surface area contributed by atoms with Crippen LogP contribution in [0.4, 0.5) is 32.0 Å². The van der Waals surface area contributed by atoms with Crippen LogP contribution >= 0.6 is 0 Å². The fourth-order valence-electron chi connectivity index (χ4n) is 4.68. The van der Waals surface area contributed by atoms with Gasteiger partial charge in [-0.05, 0) is 50.7 Å². The topological polar surface area (TPSA) is 102 Å². The van der Waals surface area contributed by atoms with Crippen molar-refractivity contribution in [2.75, 3.05) is 31.8 Å². The SMILES string of the molecule is CCn1nc(C(=O)NCC2CCC(S(C)(=O)=O)CC2)c(C(F)(F)F)c1-c1ccc(NCC(F)(F)F)cc1OC. The molecule has 0 radical (unpaired) electrons. The van der Waals surface area contributed by atoms with Crippen LogP contribution in [0.5, 0.6) is 5.75 Å². The van der Waals surface area contributed by atoms with Crippen molar-refractivity contribution in [3.8, 4) is 17.0 Å². The van der Waals surface area contributed by atoms with Crippen molar-refractivity contribution in [3.05, 3.63) is 29.5 Å². The van der Waals surface area contributed by atoms with Crippen molar-refractivity contribution in [3.63, 3.8) is 0 Å². The van der Waals surface area contributed by atoms with Crippen LogP contribution in [0.3, 0.4) is 0 Å². The molecule has 1 aliphatic rings. The number of aryl methyl sites for hydroxylation is 1. The number of hydrogen-bond acceptors (Lipinski definition) is 6. The molecule has 2 N–H and O–H groups in total. The standard InChI is InChI=1S/C24H30F6N4O4S/c1-4-34-21(17-10-7-15(11-18(17)38-2)32-13-23(25,26)27)19(24(28,29)30)20(33-34)22(35)31-12-14-5-8-16(9-6-14)39(3,36)37/h7,10-11,14,16,32H,4-6,8-9,12-13H2,1-3H3,(H,31,35). The van der Waals surface area contributed by atoms with Crippen LogP contribution in [0.25, 0.3) is 11.3 Å². The molecule has 0 unspecified atom stereocenters. The number of amides is 1. The molecule has 2 aromatic rings. The monoisotopic (exact) mass is 584 g/mol. The second-order valence-corrected chi connectivity index (χ2v) is 11.8. The third-order valence-corrected chi connectivity index (χ3v) is 8.33. The summed E-state index contributed by atoms with van der Waals surface area (Å²) in [5.41, 5.74) is -2.71. The zero-order valence-corrected chi connectivity index (χ0v) is 22.4. The molecule has 39 heavy (non-hydrogen) atoms. The van der Waals surface area contributed by atoms with Gasteiger partial charge in [0.15, 0.2) is 5.69 Å². The third-order valence-electron chi connectivity index (χ3n) is 6.65. The van der Waals surface area contributed by atoms with Crippen molar-refractivity contribution < 1.29 is 44.3 Å². The number of alkyl halides is 6. The van der Waals surface area contributed by atoms with E-state index < -0.39 is 56.8 Å². The molecule has 8 nitrogen and oxygen atoms in total. The molecule has 1 aromatic carbocycles. The highest BCUT2D eigenvalue weighted by Gasteiger charge is 2.43. The maximum atomic E-state index is 14.4. The minimum Gasteiger partial charge on any atom is -0.496 e. The van der Waals surface area contributed by atoms with E-state index in [4.69, 9.17) is 4.74 Å². The molecule has 1 heterocycles. The number of nitrogens with zero attached hydrogens (tertiary/aromatic N) is 2. The van der Waals surface area contributed by atoms with Crippen LogP contribution in [-0.4, -0.2) is 62.0 Å². The zero-order valence-electron chi connectivity index (χ0n) is 21.5. The summed E-state index contributed by atoms with van der Waals surface area (Å²) in [7, 11) is -2.02. The fourth-order valence-corrected chi connectivity index (χ4v) is 5.80. The van der Waals surface area contributed by atoms with E-state index in [0.717, 1.165) is 10.7 Å². The van der Waals surface area contributed by atoms with Gasteiger partial charge in [-0.3, -0.25) is 9.48 Å². The number of aromatic nitrogens is 2. The van der Waals surface area contributed by atoms with Crippen LogP contribution in [0.2, 0.25) is 0 Å². The van der Waals surface area contributed by atoms with Gasteiger partial charge in [-0.15, -0.1) is 0 Å². The van der Waals surface area contributed by atoms with E-state index in [-0.39, 0.29) is 36.0 Å². The highest BCUT2D eigenvalue weighted by atomic mass is 32.2. The van der Waals surface area contributed by atoms with Crippen molar-refractivity contribution >= 4 is 21.4 Å². The van der Waals surface area contributed by atoms with Crippen LogP contribution in [-0.2, 0) is 22.6 Å². The third kappa shape index (κ3) is 7.57. The molecule has 0 aliphatic heterocycles. The Bertz CT molecular complexity index is 1280. The first-order valence-corrected chi connectivity index (χ1v) is 14.1. The molecule has 0 spiro atoms. The molecule has 0 saturated heterocycles. The second-order valence-electron chi connectivity index (χ2n) is 9.45. The molecule has 0 atom stereocenters. The van der Waals surface area contributed by atoms with Gasteiger partial charge in [-0.1, -0.05) is 0 Å². The molecular weight excluding hydrogens is 554 g/mol. The van der Waals surface area contributed by atoms with E-state index in [2.05, 4.69) is 15.7 Å². The van der Waals surface area contributed by atoms with Gasteiger partial charge < -0.3 is 15.4 Å². The first-order valence-electron chi connectivity index (χ1n) is 12.2. The highest BCUT2D eigenvalue weighted by molar-refractivity contribution is 7.91.